The van der Waals surface area contributed by atoms with E-state index in [2.05, 4.69) is 22.2 Å². The molecule has 0 aliphatic heterocycles. The Kier molecular flexibility index (Phi) is 6.97. The van der Waals surface area contributed by atoms with Crippen molar-refractivity contribution in [1.82, 2.24) is 9.97 Å². The van der Waals surface area contributed by atoms with Gasteiger partial charge in [-0.2, -0.15) is 0 Å². The van der Waals surface area contributed by atoms with Crippen LogP contribution in [0.5, 0.6) is 5.75 Å². The van der Waals surface area contributed by atoms with Crippen molar-refractivity contribution < 1.29 is 9.53 Å². The fourth-order valence-electron chi connectivity index (χ4n) is 3.74. The van der Waals surface area contributed by atoms with Crippen LogP contribution in [0.2, 0.25) is 0 Å². The Hall–Kier alpha value is -2.32. The maximum atomic E-state index is 12.5. The van der Waals surface area contributed by atoms with E-state index in [-0.39, 0.29) is 17.2 Å². The number of unbranched alkanes of at least 4 members (excludes halogenated alkanes) is 1. The van der Waals surface area contributed by atoms with Gasteiger partial charge < -0.3 is 15.0 Å². The average Bonchev–Trinajstić information content (AvgIpc) is 3.31. The molecule has 8 heteroatoms. The minimum atomic E-state index is -0.0775. The second-order valence-electron chi connectivity index (χ2n) is 7.77. The van der Waals surface area contributed by atoms with Crippen molar-refractivity contribution >= 4 is 44.9 Å². The molecule has 2 aromatic heterocycles. The van der Waals surface area contributed by atoms with Gasteiger partial charge in [0.15, 0.2) is 0 Å². The summed E-state index contributed by atoms with van der Waals surface area (Å²) >= 11 is 3.07. The lowest BCUT2D eigenvalue weighted by atomic mass is 10.2. The number of ether oxygens (including phenoxy) is 1. The van der Waals surface area contributed by atoms with Crippen LogP contribution in [-0.4, -0.2) is 28.2 Å². The van der Waals surface area contributed by atoms with E-state index < -0.39 is 0 Å². The maximum absolute atomic E-state index is 12.5. The summed E-state index contributed by atoms with van der Waals surface area (Å²) in [4.78, 5) is 34.5. The number of anilines is 1. The van der Waals surface area contributed by atoms with Gasteiger partial charge in [0.1, 0.15) is 16.4 Å². The van der Waals surface area contributed by atoms with Gasteiger partial charge in [-0.15, -0.1) is 23.1 Å². The Labute approximate surface area is 189 Å². The molecule has 2 heterocycles. The lowest BCUT2D eigenvalue weighted by molar-refractivity contribution is -0.113. The SMILES string of the molecule is CCCCOc1ccc(NC(=O)CSCc2nc3sc4c(c3c(=O)[nH]2)CCC4)c(C)c1. The predicted molar refractivity (Wildman–Crippen MR) is 129 cm³/mol. The summed E-state index contributed by atoms with van der Waals surface area (Å²) in [6.07, 6.45) is 5.26. The first-order chi connectivity index (χ1) is 15.0. The van der Waals surface area contributed by atoms with Crippen LogP contribution in [0, 0.1) is 6.92 Å². The second-order valence-corrected chi connectivity index (χ2v) is 9.84. The third-order valence-electron chi connectivity index (χ3n) is 5.33. The number of benzene rings is 1. The molecule has 0 bridgehead atoms. The Balaban J connectivity index is 1.31. The van der Waals surface area contributed by atoms with Crippen molar-refractivity contribution in [3.8, 4) is 5.75 Å². The highest BCUT2D eigenvalue weighted by molar-refractivity contribution is 7.99. The first kappa shape index (κ1) is 21.9. The smallest absolute Gasteiger partial charge is 0.259 e. The number of amides is 1. The summed E-state index contributed by atoms with van der Waals surface area (Å²) in [5.74, 6) is 2.15. The fourth-order valence-corrected chi connectivity index (χ4v) is 5.71. The molecule has 1 aromatic carbocycles. The van der Waals surface area contributed by atoms with Crippen molar-refractivity contribution in [2.45, 2.75) is 51.7 Å². The molecule has 1 amide bonds. The number of aromatic nitrogens is 2. The zero-order chi connectivity index (χ0) is 21.8. The van der Waals surface area contributed by atoms with Gasteiger partial charge in [0.2, 0.25) is 5.91 Å². The highest BCUT2D eigenvalue weighted by Gasteiger charge is 2.21. The number of nitrogens with zero attached hydrogens (tertiary/aromatic N) is 1. The molecule has 1 aliphatic rings. The number of hydrogen-bond donors (Lipinski definition) is 2. The van der Waals surface area contributed by atoms with Crippen LogP contribution in [0.25, 0.3) is 10.2 Å². The van der Waals surface area contributed by atoms with Gasteiger partial charge in [-0.1, -0.05) is 13.3 Å². The lowest BCUT2D eigenvalue weighted by Gasteiger charge is -2.11. The summed E-state index contributed by atoms with van der Waals surface area (Å²) in [5, 5.41) is 3.72. The summed E-state index contributed by atoms with van der Waals surface area (Å²) in [5.41, 5.74) is 2.88. The number of H-pyrrole nitrogens is 1. The monoisotopic (exact) mass is 457 g/mol. The largest absolute Gasteiger partial charge is 0.494 e. The number of carbonyl (C=O) groups is 1. The van der Waals surface area contributed by atoms with Crippen LogP contribution in [0.4, 0.5) is 5.69 Å². The molecule has 3 aromatic rings. The van der Waals surface area contributed by atoms with Crippen molar-refractivity contribution in [2.75, 3.05) is 17.7 Å². The minimum absolute atomic E-state index is 0.0543. The van der Waals surface area contributed by atoms with Crippen molar-refractivity contribution in [1.29, 1.82) is 0 Å². The third kappa shape index (κ3) is 5.13. The van der Waals surface area contributed by atoms with Crippen LogP contribution in [0.15, 0.2) is 23.0 Å². The Morgan fingerprint density at radius 3 is 3.03 bits per heavy atom. The zero-order valence-electron chi connectivity index (χ0n) is 17.9. The van der Waals surface area contributed by atoms with Crippen LogP contribution < -0.4 is 15.6 Å². The van der Waals surface area contributed by atoms with Gasteiger partial charge in [0, 0.05) is 10.6 Å². The van der Waals surface area contributed by atoms with Crippen molar-refractivity contribution in [3.05, 3.63) is 50.4 Å². The van der Waals surface area contributed by atoms with E-state index in [1.54, 1.807) is 11.3 Å². The summed E-state index contributed by atoms with van der Waals surface area (Å²) < 4.78 is 5.71. The van der Waals surface area contributed by atoms with E-state index in [1.165, 1.54) is 22.2 Å². The topological polar surface area (TPSA) is 84.1 Å². The molecule has 1 aliphatic carbocycles. The number of thioether (sulfide) groups is 1. The highest BCUT2D eigenvalue weighted by atomic mass is 32.2. The van der Waals surface area contributed by atoms with E-state index in [9.17, 15) is 9.59 Å². The highest BCUT2D eigenvalue weighted by Crippen LogP contribution is 2.34. The first-order valence-corrected chi connectivity index (χ1v) is 12.7. The summed E-state index contributed by atoms with van der Waals surface area (Å²) in [6.45, 7) is 4.79. The van der Waals surface area contributed by atoms with E-state index in [4.69, 9.17) is 4.74 Å². The van der Waals surface area contributed by atoms with Crippen LogP contribution in [-0.2, 0) is 23.4 Å². The maximum Gasteiger partial charge on any atom is 0.259 e. The van der Waals surface area contributed by atoms with Gasteiger partial charge in [-0.25, -0.2) is 4.98 Å². The standard InChI is InChI=1S/C23H27N3O3S2/c1-3-4-10-29-15-8-9-17(14(2)11-15)24-20(27)13-30-12-19-25-22(28)21-16-6-5-7-18(16)31-23(21)26-19/h8-9,11H,3-7,10,12-13H2,1-2H3,(H,24,27)(H,25,26,28). The second kappa shape index (κ2) is 9.87. The van der Waals surface area contributed by atoms with Gasteiger partial charge in [-0.3, -0.25) is 9.59 Å². The molecule has 6 nitrogen and oxygen atoms in total. The van der Waals surface area contributed by atoms with E-state index in [1.807, 2.05) is 25.1 Å². The average molecular weight is 458 g/mol. The molecule has 0 saturated carbocycles. The van der Waals surface area contributed by atoms with Crippen molar-refractivity contribution in [2.24, 2.45) is 0 Å². The van der Waals surface area contributed by atoms with Crippen LogP contribution >= 0.6 is 23.1 Å². The molecule has 0 fully saturated rings. The van der Waals surface area contributed by atoms with Gasteiger partial charge in [0.25, 0.3) is 5.56 Å². The number of rotatable bonds is 9. The Bertz CT molecular complexity index is 1150. The molecule has 0 unspecified atom stereocenters. The van der Waals surface area contributed by atoms with Gasteiger partial charge in [0.05, 0.1) is 23.5 Å². The van der Waals surface area contributed by atoms with E-state index in [0.717, 1.165) is 59.3 Å². The zero-order valence-corrected chi connectivity index (χ0v) is 19.5. The van der Waals surface area contributed by atoms with Gasteiger partial charge in [-0.05, 0) is 61.9 Å². The van der Waals surface area contributed by atoms with E-state index in [0.29, 0.717) is 18.2 Å². The fraction of sp³-hybridized carbons (Fsp3) is 0.435. The molecule has 164 valence electrons. The molecular formula is C23H27N3O3S2. The lowest BCUT2D eigenvalue weighted by Crippen LogP contribution is -2.16. The summed E-state index contributed by atoms with van der Waals surface area (Å²) in [6, 6.07) is 5.70. The molecule has 0 atom stereocenters. The number of aryl methyl sites for hydroxylation is 3. The molecule has 0 spiro atoms. The minimum Gasteiger partial charge on any atom is -0.494 e. The number of nitrogens with one attached hydrogen (secondary N) is 2. The predicted octanol–water partition coefficient (Wildman–Crippen LogP) is 4.83. The molecular weight excluding hydrogens is 430 g/mol. The quantitative estimate of drug-likeness (QED) is 0.450. The number of hydrogen-bond acceptors (Lipinski definition) is 6. The van der Waals surface area contributed by atoms with Crippen molar-refractivity contribution in [3.63, 3.8) is 0 Å². The van der Waals surface area contributed by atoms with E-state index >= 15 is 0 Å². The molecule has 0 radical (unpaired) electrons. The molecule has 4 rings (SSSR count). The number of carbonyl (C=O) groups excluding carboxylic acids is 1. The normalized spacial score (nSPS) is 12.8. The molecule has 0 saturated heterocycles. The molecule has 2 N–H and O–H groups in total. The first-order valence-electron chi connectivity index (χ1n) is 10.7. The summed E-state index contributed by atoms with van der Waals surface area (Å²) in [7, 11) is 0. The Morgan fingerprint density at radius 2 is 2.23 bits per heavy atom. The van der Waals surface area contributed by atoms with Crippen LogP contribution in [0.3, 0.4) is 0 Å². The number of thiophene rings is 1. The number of aromatic amines is 1. The number of fused-ring (bicyclic) bond motifs is 3. The van der Waals surface area contributed by atoms with Crippen LogP contribution in [0.1, 0.15) is 48.0 Å². The Morgan fingerprint density at radius 1 is 1.35 bits per heavy atom. The van der Waals surface area contributed by atoms with Gasteiger partial charge >= 0.3 is 0 Å². The third-order valence-corrected chi connectivity index (χ3v) is 7.46. The molecule has 31 heavy (non-hydrogen) atoms.